The quantitative estimate of drug-likeness (QED) is 0.175. The number of cyclic esters (lactones) is 2. The zero-order chi connectivity index (χ0) is 38.7. The number of nitrogens with zero attached hydrogens (tertiary/aromatic N) is 4. The minimum absolute atomic E-state index is 0.00620. The van der Waals surface area contributed by atoms with Crippen LogP contribution in [-0.2, 0) is 53.0 Å². The van der Waals surface area contributed by atoms with Crippen molar-refractivity contribution in [3.63, 3.8) is 0 Å². The third-order valence-corrected chi connectivity index (χ3v) is 11.6. The van der Waals surface area contributed by atoms with Crippen LogP contribution >= 0.6 is 0 Å². The lowest BCUT2D eigenvalue weighted by atomic mass is 9.86. The summed E-state index contributed by atoms with van der Waals surface area (Å²) in [4.78, 5) is 63.9. The van der Waals surface area contributed by atoms with Gasteiger partial charge in [0, 0.05) is 33.0 Å². The summed E-state index contributed by atoms with van der Waals surface area (Å²) < 4.78 is 26.5. The Hall–Kier alpha value is -6.06. The van der Waals surface area contributed by atoms with Crippen LogP contribution in [0.25, 0.3) is 44.6 Å². The van der Waals surface area contributed by atoms with Gasteiger partial charge in [-0.25, -0.2) is 19.6 Å². The Bertz CT molecular complexity index is 2660. The third kappa shape index (κ3) is 4.64. The van der Waals surface area contributed by atoms with Crippen LogP contribution in [-0.4, -0.2) is 54.5 Å². The molecule has 1 unspecified atom stereocenters. The lowest BCUT2D eigenvalue weighted by molar-refractivity contribution is -0.172. The average molecular weight is 755 g/mol. The number of hydrogen-bond donors (Lipinski definition) is 2. The summed E-state index contributed by atoms with van der Waals surface area (Å²) in [6.45, 7) is 2.62. The molecule has 10 rings (SSSR count). The molecule has 4 aliphatic rings. The van der Waals surface area contributed by atoms with Gasteiger partial charge in [0.15, 0.2) is 23.7 Å². The second kappa shape index (κ2) is 12.2. The minimum atomic E-state index is -1.99. The standard InChI is InChI=1S/C42H34N4O10/c1-3-41(51)27-17-31-33-23(15-21-9-5-7-11-29(21)43-33)37(45(31)35(47)25(27)19-55-39(41)49)53-13-14-54-38-24-16-22-10-6-8-12-30(22)44-34(24)32-18-28-26(36(48)46(32)38)20-56-40(50)42(28,52)4-2/h5-12,15-18,37-38,51-52H,3-4,13-14,19-20H2,1-2H3/t37-,38?,41-,42-/m0/s1. The van der Waals surface area contributed by atoms with E-state index in [9.17, 15) is 29.4 Å². The summed E-state index contributed by atoms with van der Waals surface area (Å²) in [6, 6.07) is 22.1. The van der Waals surface area contributed by atoms with E-state index >= 15 is 0 Å². The highest BCUT2D eigenvalue weighted by Crippen LogP contribution is 2.45. The molecule has 0 radical (unpaired) electrons. The van der Waals surface area contributed by atoms with Gasteiger partial charge in [-0.2, -0.15) is 0 Å². The number of carbonyl (C=O) groups is 2. The Morgan fingerprint density at radius 1 is 0.661 bits per heavy atom. The Morgan fingerprint density at radius 2 is 1.07 bits per heavy atom. The molecule has 2 aromatic carbocycles. The highest BCUT2D eigenvalue weighted by Gasteiger charge is 2.48. The molecule has 56 heavy (non-hydrogen) atoms. The Labute approximate surface area is 317 Å². The van der Waals surface area contributed by atoms with Gasteiger partial charge < -0.3 is 29.2 Å². The van der Waals surface area contributed by atoms with E-state index in [4.69, 9.17) is 28.9 Å². The summed E-state index contributed by atoms with van der Waals surface area (Å²) in [7, 11) is 0. The van der Waals surface area contributed by atoms with Crippen LogP contribution in [0.5, 0.6) is 0 Å². The molecule has 0 spiro atoms. The number of hydrogen-bond acceptors (Lipinski definition) is 12. The van der Waals surface area contributed by atoms with Gasteiger partial charge in [-0.3, -0.25) is 18.7 Å². The number of aliphatic hydroxyl groups is 2. The van der Waals surface area contributed by atoms with Gasteiger partial charge in [0.05, 0.1) is 58.1 Å². The third-order valence-electron chi connectivity index (χ3n) is 11.6. The van der Waals surface area contributed by atoms with Gasteiger partial charge in [0.2, 0.25) is 0 Å². The van der Waals surface area contributed by atoms with Gasteiger partial charge in [-0.05, 0) is 49.2 Å². The van der Waals surface area contributed by atoms with Crippen molar-refractivity contribution < 1.29 is 38.7 Å². The van der Waals surface area contributed by atoms with Gasteiger partial charge in [0.1, 0.15) is 13.2 Å². The molecule has 282 valence electrons. The van der Waals surface area contributed by atoms with Crippen LogP contribution in [0.3, 0.4) is 0 Å². The largest absolute Gasteiger partial charge is 0.458 e. The van der Waals surface area contributed by atoms with Crippen molar-refractivity contribution in [2.45, 2.75) is 63.6 Å². The number of aromatic nitrogens is 4. The predicted octanol–water partition coefficient (Wildman–Crippen LogP) is 4.20. The molecule has 4 aliphatic heterocycles. The van der Waals surface area contributed by atoms with Crippen LogP contribution in [0.15, 0.2) is 82.4 Å². The first kappa shape index (κ1) is 34.4. The normalized spacial score (nSPS) is 22.9. The summed E-state index contributed by atoms with van der Waals surface area (Å²) in [5.41, 5.74) is 0.0996. The second-order valence-corrected chi connectivity index (χ2v) is 14.5. The molecule has 14 heteroatoms. The maximum atomic E-state index is 14.3. The van der Waals surface area contributed by atoms with Gasteiger partial charge >= 0.3 is 11.9 Å². The highest BCUT2D eigenvalue weighted by molar-refractivity contribution is 5.88. The van der Waals surface area contributed by atoms with Crippen molar-refractivity contribution in [1.82, 2.24) is 19.1 Å². The number of pyridine rings is 4. The summed E-state index contributed by atoms with van der Waals surface area (Å²) in [5.74, 6) is -1.63. The molecular formula is C42H34N4O10. The van der Waals surface area contributed by atoms with Crippen LogP contribution in [0.1, 0.15) is 72.5 Å². The molecule has 0 saturated heterocycles. The van der Waals surface area contributed by atoms with Crippen LogP contribution < -0.4 is 11.1 Å². The van der Waals surface area contributed by atoms with Crippen LogP contribution in [0.2, 0.25) is 0 Å². The van der Waals surface area contributed by atoms with Crippen molar-refractivity contribution in [1.29, 1.82) is 0 Å². The number of esters is 2. The zero-order valence-corrected chi connectivity index (χ0v) is 30.3. The number of carbonyl (C=O) groups excluding carboxylic acids is 2. The number of rotatable bonds is 7. The first-order valence-corrected chi connectivity index (χ1v) is 18.5. The summed E-state index contributed by atoms with van der Waals surface area (Å²) in [6.07, 6.45) is -1.88. The lowest BCUT2D eigenvalue weighted by Crippen LogP contribution is -2.44. The average Bonchev–Trinajstić information content (AvgIpc) is 3.68. The van der Waals surface area contributed by atoms with E-state index < -0.39 is 46.7 Å². The fourth-order valence-corrected chi connectivity index (χ4v) is 8.56. The van der Waals surface area contributed by atoms with Gasteiger partial charge in [0.25, 0.3) is 11.1 Å². The number of benzene rings is 2. The molecule has 0 fully saturated rings. The van der Waals surface area contributed by atoms with Crippen molar-refractivity contribution >= 4 is 33.7 Å². The molecule has 8 heterocycles. The summed E-state index contributed by atoms with van der Waals surface area (Å²) in [5, 5.41) is 24.4. The zero-order valence-electron chi connectivity index (χ0n) is 30.3. The molecule has 2 N–H and O–H groups in total. The maximum absolute atomic E-state index is 14.3. The Kier molecular flexibility index (Phi) is 7.51. The highest BCUT2D eigenvalue weighted by atomic mass is 16.6. The second-order valence-electron chi connectivity index (χ2n) is 14.5. The SMILES string of the molecule is CC[C@@]1(O)C(=O)OCc2c1cc1n(c2=O)C(OCCO[C@H]2c3cc4ccccc4nc3-c3cc4c(c(=O)n32)COC(=O)[C@]4(O)CC)c2cc3ccccc3nc2-1. The molecule has 0 bridgehead atoms. The molecule has 0 aliphatic carbocycles. The molecule has 0 amide bonds. The van der Waals surface area contributed by atoms with Crippen molar-refractivity contribution in [2.75, 3.05) is 13.2 Å². The topological polar surface area (TPSA) is 181 Å². The molecule has 14 nitrogen and oxygen atoms in total. The fraction of sp³-hybridized carbons (Fsp3) is 0.286. The number of fused-ring (bicyclic) bond motifs is 10. The molecular weight excluding hydrogens is 720 g/mol. The van der Waals surface area contributed by atoms with Crippen molar-refractivity contribution in [3.8, 4) is 22.8 Å². The van der Waals surface area contributed by atoms with Crippen molar-refractivity contribution in [3.05, 3.63) is 127 Å². The van der Waals surface area contributed by atoms with E-state index in [1.165, 1.54) is 9.13 Å². The Morgan fingerprint density at radius 3 is 1.48 bits per heavy atom. The van der Waals surface area contributed by atoms with Gasteiger partial charge in [-0.1, -0.05) is 50.2 Å². The lowest BCUT2D eigenvalue weighted by Gasteiger charge is -2.32. The minimum Gasteiger partial charge on any atom is -0.458 e. The smallest absolute Gasteiger partial charge is 0.343 e. The number of ether oxygens (including phenoxy) is 4. The monoisotopic (exact) mass is 754 g/mol. The van der Waals surface area contributed by atoms with E-state index in [1.54, 1.807) is 26.0 Å². The first-order chi connectivity index (χ1) is 27.1. The fourth-order valence-electron chi connectivity index (χ4n) is 8.56. The van der Waals surface area contributed by atoms with Crippen molar-refractivity contribution in [2.24, 2.45) is 0 Å². The van der Waals surface area contributed by atoms with E-state index in [0.29, 0.717) is 44.9 Å². The molecule has 4 atom stereocenters. The molecule has 0 saturated carbocycles. The van der Waals surface area contributed by atoms with Gasteiger partial charge in [-0.15, -0.1) is 0 Å². The molecule has 6 aromatic rings. The number of para-hydroxylation sites is 2. The van der Waals surface area contributed by atoms with E-state index in [2.05, 4.69) is 0 Å². The van der Waals surface area contributed by atoms with E-state index in [0.717, 1.165) is 10.8 Å². The maximum Gasteiger partial charge on any atom is 0.343 e. The Balaban J connectivity index is 1.03. The van der Waals surface area contributed by atoms with Crippen LogP contribution in [0, 0.1) is 0 Å². The predicted molar refractivity (Wildman–Crippen MR) is 199 cm³/mol. The first-order valence-electron chi connectivity index (χ1n) is 18.5. The van der Waals surface area contributed by atoms with Crippen LogP contribution in [0.4, 0.5) is 0 Å². The van der Waals surface area contributed by atoms with E-state index in [-0.39, 0.29) is 61.5 Å². The van der Waals surface area contributed by atoms with E-state index in [1.807, 2.05) is 60.7 Å². The summed E-state index contributed by atoms with van der Waals surface area (Å²) >= 11 is 0. The molecule has 4 aromatic heterocycles.